The first kappa shape index (κ1) is 10.3. The zero-order valence-electron chi connectivity index (χ0n) is 8.89. The zero-order valence-corrected chi connectivity index (χ0v) is 8.89. The van der Waals surface area contributed by atoms with Gasteiger partial charge in [0, 0.05) is 19.0 Å². The Kier molecular flexibility index (Phi) is 2.81. The molecule has 2 atom stereocenters. The van der Waals surface area contributed by atoms with Gasteiger partial charge in [-0.3, -0.25) is 4.79 Å². The minimum atomic E-state index is 0.0343. The largest absolute Gasteiger partial charge is 0.327 e. The number of hydrogen-bond donors (Lipinski definition) is 1. The number of ketones is 1. The maximum absolute atomic E-state index is 11.9. The highest BCUT2D eigenvalue weighted by atomic mass is 16.1. The minimum absolute atomic E-state index is 0.0343. The molecule has 5 nitrogen and oxygen atoms in total. The van der Waals surface area contributed by atoms with E-state index < -0.39 is 0 Å². The molecule has 1 saturated carbocycles. The highest BCUT2D eigenvalue weighted by molar-refractivity contribution is 5.83. The van der Waals surface area contributed by atoms with Gasteiger partial charge in [-0.25, -0.2) is 0 Å². The first-order valence-corrected chi connectivity index (χ1v) is 5.30. The molecule has 5 heteroatoms. The standard InChI is InChI=1S/C10H16N4O/c1-14-12-6-7(13-14)5-10(15)8-3-2-4-9(8)11/h6,8-9H,2-5,11H2,1H3. The summed E-state index contributed by atoms with van der Waals surface area (Å²) in [6.07, 6.45) is 4.97. The van der Waals surface area contributed by atoms with Crippen LogP contribution in [0, 0.1) is 5.92 Å². The normalized spacial score (nSPS) is 25.7. The Bertz CT molecular complexity index is 360. The van der Waals surface area contributed by atoms with Crippen LogP contribution in [0.4, 0.5) is 0 Å². The van der Waals surface area contributed by atoms with Crippen LogP contribution in [0.25, 0.3) is 0 Å². The highest BCUT2D eigenvalue weighted by Gasteiger charge is 2.30. The maximum Gasteiger partial charge on any atom is 0.143 e. The Morgan fingerprint density at radius 2 is 2.47 bits per heavy atom. The average Bonchev–Trinajstić information content (AvgIpc) is 2.75. The van der Waals surface area contributed by atoms with Crippen molar-refractivity contribution in [2.45, 2.75) is 31.7 Å². The number of carbonyl (C=O) groups excluding carboxylic acids is 1. The van der Waals surface area contributed by atoms with E-state index in [1.807, 2.05) is 0 Å². The van der Waals surface area contributed by atoms with E-state index in [4.69, 9.17) is 5.73 Å². The van der Waals surface area contributed by atoms with Crippen molar-refractivity contribution in [3.8, 4) is 0 Å². The van der Waals surface area contributed by atoms with Gasteiger partial charge < -0.3 is 5.73 Å². The van der Waals surface area contributed by atoms with E-state index in [9.17, 15) is 4.79 Å². The number of carbonyl (C=O) groups is 1. The molecule has 1 aliphatic rings. The molecule has 0 spiro atoms. The second-order valence-electron chi connectivity index (χ2n) is 4.17. The quantitative estimate of drug-likeness (QED) is 0.762. The molecule has 1 aromatic rings. The molecule has 1 aromatic heterocycles. The Labute approximate surface area is 88.6 Å². The minimum Gasteiger partial charge on any atom is -0.327 e. The van der Waals surface area contributed by atoms with Gasteiger partial charge in [0.1, 0.15) is 5.78 Å². The van der Waals surface area contributed by atoms with Crippen molar-refractivity contribution in [2.75, 3.05) is 0 Å². The molecule has 1 heterocycles. The predicted octanol–water partition coefficient (Wildman–Crippen LogP) is 0.0541. The molecular weight excluding hydrogens is 192 g/mol. The summed E-state index contributed by atoms with van der Waals surface area (Å²) in [7, 11) is 1.75. The number of aromatic nitrogens is 3. The average molecular weight is 208 g/mol. The molecule has 0 amide bonds. The van der Waals surface area contributed by atoms with Crippen LogP contribution in [0.1, 0.15) is 25.0 Å². The smallest absolute Gasteiger partial charge is 0.143 e. The molecule has 2 N–H and O–H groups in total. The van der Waals surface area contributed by atoms with Gasteiger partial charge in [0.15, 0.2) is 0 Å². The van der Waals surface area contributed by atoms with E-state index in [-0.39, 0.29) is 17.7 Å². The summed E-state index contributed by atoms with van der Waals surface area (Å²) in [6.45, 7) is 0. The van der Waals surface area contributed by atoms with Crippen molar-refractivity contribution in [1.82, 2.24) is 15.0 Å². The van der Waals surface area contributed by atoms with Gasteiger partial charge in [-0.1, -0.05) is 6.42 Å². The number of aryl methyl sites for hydroxylation is 1. The second-order valence-corrected chi connectivity index (χ2v) is 4.17. The predicted molar refractivity (Wildman–Crippen MR) is 55.0 cm³/mol. The molecule has 15 heavy (non-hydrogen) atoms. The molecule has 1 fully saturated rings. The van der Waals surface area contributed by atoms with Crippen molar-refractivity contribution in [3.63, 3.8) is 0 Å². The van der Waals surface area contributed by atoms with Crippen LogP contribution in [0.15, 0.2) is 6.20 Å². The van der Waals surface area contributed by atoms with E-state index >= 15 is 0 Å². The molecule has 2 rings (SSSR count). The maximum atomic E-state index is 11.9. The lowest BCUT2D eigenvalue weighted by Crippen LogP contribution is -2.31. The van der Waals surface area contributed by atoms with E-state index in [2.05, 4.69) is 10.2 Å². The first-order valence-electron chi connectivity index (χ1n) is 5.30. The van der Waals surface area contributed by atoms with Gasteiger partial charge in [-0.15, -0.1) is 0 Å². The van der Waals surface area contributed by atoms with Crippen LogP contribution < -0.4 is 5.73 Å². The fourth-order valence-corrected chi connectivity index (χ4v) is 2.17. The third kappa shape index (κ3) is 2.23. The molecule has 0 aromatic carbocycles. The summed E-state index contributed by atoms with van der Waals surface area (Å²) in [6, 6.07) is 0.0502. The van der Waals surface area contributed by atoms with E-state index in [0.29, 0.717) is 6.42 Å². The summed E-state index contributed by atoms with van der Waals surface area (Å²) in [5.41, 5.74) is 6.61. The van der Waals surface area contributed by atoms with Gasteiger partial charge in [-0.2, -0.15) is 15.0 Å². The van der Waals surface area contributed by atoms with Crippen molar-refractivity contribution in [1.29, 1.82) is 0 Å². The van der Waals surface area contributed by atoms with Crippen LogP contribution in [0.5, 0.6) is 0 Å². The molecule has 1 aliphatic carbocycles. The molecule has 82 valence electrons. The lowest BCUT2D eigenvalue weighted by Gasteiger charge is -2.12. The summed E-state index contributed by atoms with van der Waals surface area (Å²) >= 11 is 0. The molecular formula is C10H16N4O. The first-order chi connectivity index (χ1) is 7.16. The van der Waals surface area contributed by atoms with Crippen LogP contribution in [0.2, 0.25) is 0 Å². The Morgan fingerprint density at radius 1 is 1.67 bits per heavy atom. The van der Waals surface area contributed by atoms with Crippen LogP contribution >= 0.6 is 0 Å². The molecule has 0 saturated heterocycles. The van der Waals surface area contributed by atoms with Crippen LogP contribution in [-0.2, 0) is 18.3 Å². The third-order valence-corrected chi connectivity index (χ3v) is 2.99. The lowest BCUT2D eigenvalue weighted by molar-refractivity contribution is -0.122. The summed E-state index contributed by atoms with van der Waals surface area (Å²) in [5, 5.41) is 8.03. The molecule has 2 unspecified atom stereocenters. The molecule has 0 bridgehead atoms. The lowest BCUT2D eigenvalue weighted by atomic mass is 9.96. The fraction of sp³-hybridized carbons (Fsp3) is 0.700. The van der Waals surface area contributed by atoms with E-state index in [1.54, 1.807) is 13.2 Å². The second kappa shape index (κ2) is 4.10. The van der Waals surface area contributed by atoms with E-state index in [1.165, 1.54) is 4.80 Å². The van der Waals surface area contributed by atoms with E-state index in [0.717, 1.165) is 25.0 Å². The summed E-state index contributed by atoms with van der Waals surface area (Å²) in [4.78, 5) is 13.3. The molecule has 0 aliphatic heterocycles. The summed E-state index contributed by atoms with van der Waals surface area (Å²) < 4.78 is 0. The van der Waals surface area contributed by atoms with Crippen LogP contribution in [-0.4, -0.2) is 26.8 Å². The third-order valence-electron chi connectivity index (χ3n) is 2.99. The van der Waals surface area contributed by atoms with Gasteiger partial charge in [0.2, 0.25) is 0 Å². The fourth-order valence-electron chi connectivity index (χ4n) is 2.17. The zero-order chi connectivity index (χ0) is 10.8. The Morgan fingerprint density at radius 3 is 3.00 bits per heavy atom. The number of nitrogens with zero attached hydrogens (tertiary/aromatic N) is 3. The SMILES string of the molecule is Cn1ncc(CC(=O)C2CCCC2N)n1. The number of Topliss-reactive ketones (excluding diaryl/α,β-unsaturated/α-hetero) is 1. The van der Waals surface area contributed by atoms with Gasteiger partial charge in [-0.05, 0) is 12.8 Å². The van der Waals surface area contributed by atoms with Crippen molar-refractivity contribution in [2.24, 2.45) is 18.7 Å². The number of nitrogens with two attached hydrogens (primary N) is 1. The summed E-state index contributed by atoms with van der Waals surface area (Å²) in [5.74, 6) is 0.243. The number of rotatable bonds is 3. The highest BCUT2D eigenvalue weighted by Crippen LogP contribution is 2.25. The van der Waals surface area contributed by atoms with Crippen LogP contribution in [0.3, 0.4) is 0 Å². The van der Waals surface area contributed by atoms with Gasteiger partial charge >= 0.3 is 0 Å². The number of hydrogen-bond acceptors (Lipinski definition) is 4. The van der Waals surface area contributed by atoms with Gasteiger partial charge in [0.05, 0.1) is 18.3 Å². The Hall–Kier alpha value is -1.23. The van der Waals surface area contributed by atoms with Crippen molar-refractivity contribution >= 4 is 5.78 Å². The molecule has 0 radical (unpaired) electrons. The van der Waals surface area contributed by atoms with Gasteiger partial charge in [0.25, 0.3) is 0 Å². The van der Waals surface area contributed by atoms with Crippen molar-refractivity contribution in [3.05, 3.63) is 11.9 Å². The Balaban J connectivity index is 1.97. The monoisotopic (exact) mass is 208 g/mol. The van der Waals surface area contributed by atoms with Crippen molar-refractivity contribution < 1.29 is 4.79 Å². The topological polar surface area (TPSA) is 73.8 Å².